The molecule has 0 amide bonds. The summed E-state index contributed by atoms with van der Waals surface area (Å²) in [5.74, 6) is 1.01. The molecule has 4 heterocycles. The third-order valence-corrected chi connectivity index (χ3v) is 4.94. The van der Waals surface area contributed by atoms with E-state index in [1.807, 2.05) is 0 Å². The zero-order valence-corrected chi connectivity index (χ0v) is 12.7. The summed E-state index contributed by atoms with van der Waals surface area (Å²) in [6.45, 7) is 6.76. The maximum atomic E-state index is 4.52. The second kappa shape index (κ2) is 4.94. The lowest BCUT2D eigenvalue weighted by Gasteiger charge is -2.32. The first-order valence-electron chi connectivity index (χ1n) is 7.90. The zero-order chi connectivity index (χ0) is 14.4. The second-order valence-corrected chi connectivity index (χ2v) is 6.46. The summed E-state index contributed by atoms with van der Waals surface area (Å²) in [5.41, 5.74) is 1.72. The van der Waals surface area contributed by atoms with Gasteiger partial charge in [0.05, 0.1) is 6.33 Å². The van der Waals surface area contributed by atoms with E-state index < -0.39 is 0 Å². The predicted molar refractivity (Wildman–Crippen MR) is 82.3 cm³/mol. The number of nitrogens with one attached hydrogen (secondary N) is 1. The van der Waals surface area contributed by atoms with E-state index in [0.717, 1.165) is 36.1 Å². The van der Waals surface area contributed by atoms with E-state index in [0.29, 0.717) is 12.1 Å². The van der Waals surface area contributed by atoms with E-state index >= 15 is 0 Å². The Labute approximate surface area is 124 Å². The SMILES string of the molecule is CC(C)N1C2CCC1CN(c1ncnc3nc[nH]c13)CC2. The van der Waals surface area contributed by atoms with Crippen molar-refractivity contribution in [3.05, 3.63) is 12.7 Å². The topological polar surface area (TPSA) is 60.9 Å². The van der Waals surface area contributed by atoms with Crippen LogP contribution in [0, 0.1) is 0 Å². The Hall–Kier alpha value is -1.69. The summed E-state index contributed by atoms with van der Waals surface area (Å²) in [6, 6.07) is 2.00. The molecule has 2 bridgehead atoms. The van der Waals surface area contributed by atoms with Crippen molar-refractivity contribution in [2.75, 3.05) is 18.0 Å². The Morgan fingerprint density at radius 3 is 2.86 bits per heavy atom. The number of nitrogens with zero attached hydrogens (tertiary/aromatic N) is 5. The van der Waals surface area contributed by atoms with Crippen molar-refractivity contribution in [2.45, 2.75) is 51.2 Å². The Bertz CT molecular complexity index is 636. The summed E-state index contributed by atoms with van der Waals surface area (Å²) in [4.78, 5) is 21.3. The van der Waals surface area contributed by atoms with Crippen LogP contribution in [0.2, 0.25) is 0 Å². The van der Waals surface area contributed by atoms with Gasteiger partial charge in [-0.15, -0.1) is 0 Å². The lowest BCUT2D eigenvalue weighted by Crippen LogP contribution is -2.43. The fourth-order valence-electron chi connectivity index (χ4n) is 4.14. The molecule has 2 aromatic heterocycles. The highest BCUT2D eigenvalue weighted by molar-refractivity contribution is 5.82. The Morgan fingerprint density at radius 2 is 2.00 bits per heavy atom. The molecule has 0 spiro atoms. The van der Waals surface area contributed by atoms with Crippen molar-refractivity contribution in [3.8, 4) is 0 Å². The minimum absolute atomic E-state index is 0.625. The van der Waals surface area contributed by atoms with Crippen molar-refractivity contribution in [2.24, 2.45) is 0 Å². The minimum Gasteiger partial charge on any atom is -0.353 e. The van der Waals surface area contributed by atoms with Crippen molar-refractivity contribution < 1.29 is 0 Å². The number of hydrogen-bond donors (Lipinski definition) is 1. The Kier molecular flexibility index (Phi) is 3.06. The summed E-state index contributed by atoms with van der Waals surface area (Å²) in [7, 11) is 0. The molecule has 2 fully saturated rings. The Morgan fingerprint density at radius 1 is 1.14 bits per heavy atom. The van der Waals surface area contributed by atoms with Gasteiger partial charge in [0.2, 0.25) is 0 Å². The molecular formula is C15H22N6. The molecule has 6 nitrogen and oxygen atoms in total. The fraction of sp³-hybridized carbons (Fsp3) is 0.667. The number of aromatic amines is 1. The highest BCUT2D eigenvalue weighted by Gasteiger charge is 2.39. The van der Waals surface area contributed by atoms with Gasteiger partial charge in [0.1, 0.15) is 11.8 Å². The molecule has 0 saturated carbocycles. The van der Waals surface area contributed by atoms with Crippen molar-refractivity contribution >= 4 is 17.0 Å². The third kappa shape index (κ3) is 2.09. The number of H-pyrrole nitrogens is 1. The second-order valence-electron chi connectivity index (χ2n) is 6.46. The van der Waals surface area contributed by atoms with Crippen LogP contribution in [-0.4, -0.2) is 56.1 Å². The van der Waals surface area contributed by atoms with Crippen LogP contribution in [0.4, 0.5) is 5.82 Å². The van der Waals surface area contributed by atoms with E-state index in [1.54, 1.807) is 12.7 Å². The minimum atomic E-state index is 0.625. The molecule has 2 aromatic rings. The first-order valence-corrected chi connectivity index (χ1v) is 7.90. The van der Waals surface area contributed by atoms with Crippen LogP contribution in [0.5, 0.6) is 0 Å². The smallest absolute Gasteiger partial charge is 0.182 e. The van der Waals surface area contributed by atoms with E-state index in [2.05, 4.69) is 43.6 Å². The molecule has 2 saturated heterocycles. The van der Waals surface area contributed by atoms with Crippen LogP contribution in [0.1, 0.15) is 33.1 Å². The van der Waals surface area contributed by atoms with Crippen molar-refractivity contribution in [1.82, 2.24) is 24.8 Å². The summed E-state index contributed by atoms with van der Waals surface area (Å²) >= 11 is 0. The average molecular weight is 286 g/mol. The number of anilines is 1. The van der Waals surface area contributed by atoms with Gasteiger partial charge in [-0.05, 0) is 33.1 Å². The summed E-state index contributed by atoms with van der Waals surface area (Å²) in [5, 5.41) is 0. The van der Waals surface area contributed by atoms with Crippen LogP contribution in [-0.2, 0) is 0 Å². The van der Waals surface area contributed by atoms with Gasteiger partial charge < -0.3 is 9.88 Å². The van der Waals surface area contributed by atoms with Crippen molar-refractivity contribution in [1.29, 1.82) is 0 Å². The van der Waals surface area contributed by atoms with E-state index in [1.165, 1.54) is 19.3 Å². The van der Waals surface area contributed by atoms with Gasteiger partial charge in [0, 0.05) is 31.2 Å². The number of imidazole rings is 1. The van der Waals surface area contributed by atoms with Gasteiger partial charge in [0.15, 0.2) is 11.5 Å². The van der Waals surface area contributed by atoms with Gasteiger partial charge in [-0.2, -0.15) is 0 Å². The van der Waals surface area contributed by atoms with Crippen LogP contribution in [0.15, 0.2) is 12.7 Å². The van der Waals surface area contributed by atoms with Gasteiger partial charge in [-0.1, -0.05) is 0 Å². The molecule has 2 aliphatic rings. The summed E-state index contributed by atoms with van der Waals surface area (Å²) in [6.07, 6.45) is 7.19. The van der Waals surface area contributed by atoms with Crippen LogP contribution < -0.4 is 4.90 Å². The van der Waals surface area contributed by atoms with E-state index in [-0.39, 0.29) is 0 Å². The Balaban J connectivity index is 1.67. The van der Waals surface area contributed by atoms with E-state index in [9.17, 15) is 0 Å². The standard InChI is InChI=1S/C15H22N6/c1-10(2)21-11-3-4-12(21)7-20(6-5-11)15-13-14(17-8-16-13)18-9-19-15/h8-12H,3-7H2,1-2H3,(H,16,17,18,19). The highest BCUT2D eigenvalue weighted by Crippen LogP contribution is 2.34. The van der Waals surface area contributed by atoms with Gasteiger partial charge in [-0.25, -0.2) is 15.0 Å². The summed E-state index contributed by atoms with van der Waals surface area (Å²) < 4.78 is 0. The quantitative estimate of drug-likeness (QED) is 0.912. The van der Waals surface area contributed by atoms with Gasteiger partial charge in [-0.3, -0.25) is 4.90 Å². The maximum Gasteiger partial charge on any atom is 0.182 e. The lowest BCUT2D eigenvalue weighted by atomic mass is 10.1. The lowest BCUT2D eigenvalue weighted by molar-refractivity contribution is 0.158. The molecule has 2 unspecified atom stereocenters. The number of hydrogen-bond acceptors (Lipinski definition) is 5. The monoisotopic (exact) mass is 286 g/mol. The number of aromatic nitrogens is 4. The molecule has 2 atom stereocenters. The zero-order valence-electron chi connectivity index (χ0n) is 12.7. The average Bonchev–Trinajstić information content (AvgIpc) is 3.02. The predicted octanol–water partition coefficient (Wildman–Crippen LogP) is 1.80. The fourth-order valence-corrected chi connectivity index (χ4v) is 4.14. The van der Waals surface area contributed by atoms with Crippen molar-refractivity contribution in [3.63, 3.8) is 0 Å². The normalized spacial score (nSPS) is 26.7. The molecule has 1 N–H and O–H groups in total. The molecule has 2 aliphatic heterocycles. The molecule has 21 heavy (non-hydrogen) atoms. The third-order valence-electron chi connectivity index (χ3n) is 4.94. The molecule has 6 heteroatoms. The molecule has 4 rings (SSSR count). The highest BCUT2D eigenvalue weighted by atomic mass is 15.3. The molecular weight excluding hydrogens is 264 g/mol. The molecule has 0 radical (unpaired) electrons. The van der Waals surface area contributed by atoms with Crippen LogP contribution >= 0.6 is 0 Å². The van der Waals surface area contributed by atoms with E-state index in [4.69, 9.17) is 0 Å². The first-order chi connectivity index (χ1) is 10.2. The van der Waals surface area contributed by atoms with Gasteiger partial charge in [0.25, 0.3) is 0 Å². The molecule has 0 aromatic carbocycles. The van der Waals surface area contributed by atoms with Gasteiger partial charge >= 0.3 is 0 Å². The van der Waals surface area contributed by atoms with Crippen LogP contribution in [0.3, 0.4) is 0 Å². The number of fused-ring (bicyclic) bond motifs is 3. The van der Waals surface area contributed by atoms with Crippen LogP contribution in [0.25, 0.3) is 11.2 Å². The largest absolute Gasteiger partial charge is 0.353 e. The number of rotatable bonds is 2. The molecule has 0 aliphatic carbocycles. The molecule has 112 valence electrons. The maximum absolute atomic E-state index is 4.52. The first kappa shape index (κ1) is 13.0.